The van der Waals surface area contributed by atoms with Gasteiger partial charge in [0, 0.05) is 25.3 Å². The highest BCUT2D eigenvalue weighted by Gasteiger charge is 2.46. The van der Waals surface area contributed by atoms with Crippen molar-refractivity contribution < 1.29 is 9.47 Å². The molecule has 0 amide bonds. The Morgan fingerprint density at radius 1 is 1.41 bits per heavy atom. The van der Waals surface area contributed by atoms with Gasteiger partial charge >= 0.3 is 0 Å². The Labute approximate surface area is 180 Å². The van der Waals surface area contributed by atoms with Crippen LogP contribution in [0.25, 0.3) is 6.08 Å². The molecule has 5 nitrogen and oxygen atoms in total. The smallest absolute Gasteiger partial charge is 0.194 e. The number of nitrogens with zero attached hydrogens (tertiary/aromatic N) is 3. The number of thiazole rings is 1. The normalized spacial score (nSPS) is 24.1. The number of rotatable bonds is 10. The molecule has 0 saturated carbocycles. The molecule has 1 aromatic rings. The predicted molar refractivity (Wildman–Crippen MR) is 120 cm³/mol. The SMILES string of the molecule is CCCN1C(C[C@@H](C)/C=C/c2nc(C)c([C@H](OC)OCC)s2)CC(C#N)C1(C)C. The van der Waals surface area contributed by atoms with Crippen LogP contribution in [-0.4, -0.2) is 41.7 Å². The molecule has 2 heterocycles. The Morgan fingerprint density at radius 2 is 2.14 bits per heavy atom. The minimum Gasteiger partial charge on any atom is -0.351 e. The molecule has 0 bridgehead atoms. The van der Waals surface area contributed by atoms with E-state index in [1.54, 1.807) is 18.4 Å². The van der Waals surface area contributed by atoms with Gasteiger partial charge in [-0.3, -0.25) is 4.90 Å². The van der Waals surface area contributed by atoms with Gasteiger partial charge in [-0.25, -0.2) is 4.98 Å². The van der Waals surface area contributed by atoms with Gasteiger partial charge in [-0.15, -0.1) is 11.3 Å². The third kappa shape index (κ3) is 5.67. The van der Waals surface area contributed by atoms with Gasteiger partial charge in [-0.1, -0.05) is 19.9 Å². The molecule has 6 heteroatoms. The molecule has 0 radical (unpaired) electrons. The molecule has 0 N–H and O–H groups in total. The summed E-state index contributed by atoms with van der Waals surface area (Å²) in [5.41, 5.74) is 0.917. The lowest BCUT2D eigenvalue weighted by molar-refractivity contribution is -0.122. The van der Waals surface area contributed by atoms with Gasteiger partial charge in [0.05, 0.1) is 22.6 Å². The molecule has 1 saturated heterocycles. The number of allylic oxidation sites excluding steroid dienone is 1. The largest absolute Gasteiger partial charge is 0.351 e. The molecule has 1 fully saturated rings. The lowest BCUT2D eigenvalue weighted by atomic mass is 9.89. The number of ether oxygens (including phenoxy) is 2. The summed E-state index contributed by atoms with van der Waals surface area (Å²) in [7, 11) is 1.66. The lowest BCUT2D eigenvalue weighted by Crippen LogP contribution is -2.46. The first-order chi connectivity index (χ1) is 13.8. The van der Waals surface area contributed by atoms with Crippen molar-refractivity contribution in [3.63, 3.8) is 0 Å². The highest BCUT2D eigenvalue weighted by Crippen LogP contribution is 2.41. The number of hydrogen-bond acceptors (Lipinski definition) is 6. The molecule has 1 aromatic heterocycles. The highest BCUT2D eigenvalue weighted by atomic mass is 32.1. The van der Waals surface area contributed by atoms with Crippen LogP contribution in [0, 0.1) is 30.1 Å². The number of hydrogen-bond donors (Lipinski definition) is 0. The van der Waals surface area contributed by atoms with Crippen LogP contribution in [0.5, 0.6) is 0 Å². The Balaban J connectivity index is 2.06. The molecule has 2 unspecified atom stereocenters. The summed E-state index contributed by atoms with van der Waals surface area (Å²) in [5.74, 6) is 0.523. The Hall–Kier alpha value is -1.26. The van der Waals surface area contributed by atoms with Gasteiger partial charge in [0.15, 0.2) is 6.29 Å². The molecule has 1 aliphatic heterocycles. The summed E-state index contributed by atoms with van der Waals surface area (Å²) < 4.78 is 11.1. The van der Waals surface area contributed by atoms with Gasteiger partial charge in [-0.2, -0.15) is 5.26 Å². The molecule has 29 heavy (non-hydrogen) atoms. The molecular weight excluding hydrogens is 382 g/mol. The average molecular weight is 420 g/mol. The van der Waals surface area contributed by atoms with Crippen LogP contribution < -0.4 is 0 Å². The van der Waals surface area contributed by atoms with Crippen LogP contribution in [0.1, 0.15) is 75.7 Å². The molecule has 0 aromatic carbocycles. The maximum absolute atomic E-state index is 9.61. The monoisotopic (exact) mass is 419 g/mol. The zero-order chi connectivity index (χ0) is 21.6. The van der Waals surface area contributed by atoms with Crippen molar-refractivity contribution in [3.05, 3.63) is 21.7 Å². The van der Waals surface area contributed by atoms with Crippen LogP contribution in [0.2, 0.25) is 0 Å². The Kier molecular flexibility index (Phi) is 8.84. The fourth-order valence-corrected chi connectivity index (χ4v) is 5.39. The highest BCUT2D eigenvalue weighted by molar-refractivity contribution is 7.12. The summed E-state index contributed by atoms with van der Waals surface area (Å²) >= 11 is 1.63. The van der Waals surface area contributed by atoms with Gasteiger partial charge in [-0.05, 0) is 65.5 Å². The molecule has 162 valence electrons. The quantitative estimate of drug-likeness (QED) is 0.464. The first kappa shape index (κ1) is 24.0. The summed E-state index contributed by atoms with van der Waals surface area (Å²) in [5, 5.41) is 10.6. The summed E-state index contributed by atoms with van der Waals surface area (Å²) in [6.45, 7) is 14.5. The lowest BCUT2D eigenvalue weighted by Gasteiger charge is -2.37. The fraction of sp³-hybridized carbons (Fsp3) is 0.739. The van der Waals surface area contributed by atoms with Crippen molar-refractivity contribution in [2.75, 3.05) is 20.3 Å². The number of nitriles is 1. The van der Waals surface area contributed by atoms with E-state index in [4.69, 9.17) is 9.47 Å². The second-order valence-corrected chi connectivity index (χ2v) is 9.58. The van der Waals surface area contributed by atoms with E-state index in [0.717, 1.165) is 41.4 Å². The van der Waals surface area contributed by atoms with Crippen molar-refractivity contribution in [2.45, 2.75) is 78.7 Å². The minimum atomic E-state index is -0.344. The molecule has 2 rings (SSSR count). The van der Waals surface area contributed by atoms with E-state index in [-0.39, 0.29) is 17.7 Å². The number of aryl methyl sites for hydroxylation is 1. The van der Waals surface area contributed by atoms with Crippen LogP contribution >= 0.6 is 11.3 Å². The fourth-order valence-electron chi connectivity index (χ4n) is 4.38. The first-order valence-electron chi connectivity index (χ1n) is 10.7. The minimum absolute atomic E-state index is 0.0470. The van der Waals surface area contributed by atoms with E-state index in [1.807, 2.05) is 13.8 Å². The number of likely N-dealkylation sites (tertiary alicyclic amines) is 1. The Bertz CT molecular complexity index is 722. The predicted octanol–water partition coefficient (Wildman–Crippen LogP) is 5.58. The van der Waals surface area contributed by atoms with E-state index >= 15 is 0 Å². The van der Waals surface area contributed by atoms with Crippen molar-refractivity contribution in [1.82, 2.24) is 9.88 Å². The topological polar surface area (TPSA) is 58.4 Å². The summed E-state index contributed by atoms with van der Waals surface area (Å²) in [6, 6.07) is 3.00. The van der Waals surface area contributed by atoms with Crippen molar-refractivity contribution in [2.24, 2.45) is 11.8 Å². The van der Waals surface area contributed by atoms with Gasteiger partial charge < -0.3 is 9.47 Å². The van der Waals surface area contributed by atoms with Crippen LogP contribution in [0.4, 0.5) is 0 Å². The first-order valence-corrected chi connectivity index (χ1v) is 11.6. The maximum Gasteiger partial charge on any atom is 0.194 e. The molecular formula is C23H37N3O2S. The van der Waals surface area contributed by atoms with E-state index in [9.17, 15) is 5.26 Å². The molecule has 0 aliphatic carbocycles. The second-order valence-electron chi connectivity index (χ2n) is 8.52. The van der Waals surface area contributed by atoms with Crippen molar-refractivity contribution in [1.29, 1.82) is 5.26 Å². The zero-order valence-electron chi connectivity index (χ0n) is 19.1. The molecule has 1 aliphatic rings. The van der Waals surface area contributed by atoms with Crippen molar-refractivity contribution >= 4 is 17.4 Å². The van der Waals surface area contributed by atoms with Gasteiger partial charge in [0.25, 0.3) is 0 Å². The Morgan fingerprint density at radius 3 is 2.72 bits per heavy atom. The van der Waals surface area contributed by atoms with Crippen LogP contribution in [-0.2, 0) is 9.47 Å². The summed E-state index contributed by atoms with van der Waals surface area (Å²) in [4.78, 5) is 8.27. The molecule has 0 spiro atoms. The standard InChI is InChI=1S/C23H37N3O2S/c1-8-12-26-19(14-18(15-24)23(26,5)6)13-16(3)10-11-20-25-17(4)21(29-20)22(27-7)28-9-2/h10-11,16,18-19,22H,8-9,12-14H2,1-7H3/b11-10+/t16-,18?,19?,22+/m0/s1. The third-order valence-electron chi connectivity index (χ3n) is 5.97. The van der Waals surface area contributed by atoms with Gasteiger partial charge in [0.1, 0.15) is 5.01 Å². The zero-order valence-corrected chi connectivity index (χ0v) is 19.9. The van der Waals surface area contributed by atoms with Crippen molar-refractivity contribution in [3.8, 4) is 6.07 Å². The van der Waals surface area contributed by atoms with Crippen LogP contribution in [0.3, 0.4) is 0 Å². The summed E-state index contributed by atoms with van der Waals surface area (Å²) in [6.07, 6.45) is 7.17. The van der Waals surface area contributed by atoms with E-state index < -0.39 is 0 Å². The molecule has 4 atom stereocenters. The van der Waals surface area contributed by atoms with Gasteiger partial charge in [0.2, 0.25) is 0 Å². The van der Waals surface area contributed by atoms with E-state index in [2.05, 4.69) is 55.8 Å². The third-order valence-corrected chi connectivity index (χ3v) is 7.11. The average Bonchev–Trinajstić information content (AvgIpc) is 3.16. The maximum atomic E-state index is 9.61. The van der Waals surface area contributed by atoms with Crippen LogP contribution in [0.15, 0.2) is 6.08 Å². The van der Waals surface area contributed by atoms with E-state index in [1.165, 1.54) is 0 Å². The van der Waals surface area contributed by atoms with E-state index in [0.29, 0.717) is 18.6 Å². The number of methoxy groups -OCH3 is 1. The number of aromatic nitrogens is 1. The second kappa shape index (κ2) is 10.7.